The summed E-state index contributed by atoms with van der Waals surface area (Å²) < 4.78 is 39.9. The van der Waals surface area contributed by atoms with Crippen LogP contribution in [0.2, 0.25) is 0 Å². The van der Waals surface area contributed by atoms with Crippen molar-refractivity contribution < 1.29 is 32.2 Å². The lowest BCUT2D eigenvalue weighted by Gasteiger charge is -2.08. The largest absolute Gasteiger partial charge is 0.618 e. The van der Waals surface area contributed by atoms with Gasteiger partial charge in [0, 0.05) is 12.1 Å². The molecule has 0 atom stereocenters. The van der Waals surface area contributed by atoms with Crippen molar-refractivity contribution in [3.63, 3.8) is 0 Å². The first kappa shape index (κ1) is 14.7. The molecular weight excluding hydrogens is 269 g/mol. The zero-order valence-corrected chi connectivity index (χ0v) is 9.44. The Labute approximate surface area is 105 Å². The molecule has 1 rings (SSSR count). The molecule has 0 aliphatic heterocycles. The fraction of sp³-hybridized carbons (Fsp3) is 0.300. The molecule has 0 fully saturated rings. The van der Waals surface area contributed by atoms with Gasteiger partial charge in [0.1, 0.15) is 6.54 Å². The Kier molecular flexibility index (Phi) is 4.67. The highest BCUT2D eigenvalue weighted by molar-refractivity contribution is 5.88. The molecule has 0 saturated heterocycles. The summed E-state index contributed by atoms with van der Waals surface area (Å²) in [6.07, 6.45) is -3.50. The molecule has 1 amide bonds. The molecule has 9 heteroatoms. The SMILES string of the molecule is O=C(COC(=O)c1cccc[n+]1[O-])NCC(F)(F)F. The molecule has 1 aromatic heterocycles. The van der Waals surface area contributed by atoms with Crippen molar-refractivity contribution >= 4 is 11.9 Å². The molecule has 19 heavy (non-hydrogen) atoms. The lowest BCUT2D eigenvalue weighted by atomic mass is 10.3. The molecule has 1 aromatic rings. The molecule has 0 spiro atoms. The van der Waals surface area contributed by atoms with Gasteiger partial charge in [0.15, 0.2) is 12.8 Å². The van der Waals surface area contributed by atoms with Crippen LogP contribution in [0.1, 0.15) is 10.5 Å². The van der Waals surface area contributed by atoms with Crippen LogP contribution in [-0.2, 0) is 9.53 Å². The third-order valence-corrected chi connectivity index (χ3v) is 1.85. The van der Waals surface area contributed by atoms with E-state index < -0.39 is 31.2 Å². The highest BCUT2D eigenvalue weighted by Gasteiger charge is 2.28. The van der Waals surface area contributed by atoms with Gasteiger partial charge in [0.05, 0.1) is 0 Å². The third-order valence-electron chi connectivity index (χ3n) is 1.85. The number of halogens is 3. The molecule has 0 unspecified atom stereocenters. The molecule has 1 heterocycles. The Morgan fingerprint density at radius 2 is 2.05 bits per heavy atom. The highest BCUT2D eigenvalue weighted by Crippen LogP contribution is 2.11. The maximum absolute atomic E-state index is 11.8. The number of nitrogens with one attached hydrogen (secondary N) is 1. The second kappa shape index (κ2) is 6.03. The summed E-state index contributed by atoms with van der Waals surface area (Å²) in [5.74, 6) is -2.21. The quantitative estimate of drug-likeness (QED) is 0.483. The van der Waals surface area contributed by atoms with E-state index in [0.717, 1.165) is 12.3 Å². The minimum atomic E-state index is -4.54. The average molecular weight is 278 g/mol. The fourth-order valence-electron chi connectivity index (χ4n) is 1.04. The maximum atomic E-state index is 11.8. The molecular formula is C10H9F3N2O4. The van der Waals surface area contributed by atoms with Crippen LogP contribution in [0.3, 0.4) is 0 Å². The molecule has 0 aliphatic carbocycles. The summed E-state index contributed by atoms with van der Waals surface area (Å²) in [5, 5.41) is 12.6. The van der Waals surface area contributed by atoms with Gasteiger partial charge in [0.25, 0.3) is 5.91 Å². The van der Waals surface area contributed by atoms with Gasteiger partial charge in [-0.05, 0) is 6.07 Å². The fourth-order valence-corrected chi connectivity index (χ4v) is 1.04. The first-order chi connectivity index (χ1) is 8.79. The number of alkyl halides is 3. The summed E-state index contributed by atoms with van der Waals surface area (Å²) >= 11 is 0. The number of pyridine rings is 1. The van der Waals surface area contributed by atoms with E-state index in [9.17, 15) is 28.0 Å². The zero-order chi connectivity index (χ0) is 14.5. The molecule has 6 nitrogen and oxygen atoms in total. The molecule has 0 radical (unpaired) electrons. The lowest BCUT2D eigenvalue weighted by molar-refractivity contribution is -0.608. The normalized spacial score (nSPS) is 10.9. The number of esters is 1. The summed E-state index contributed by atoms with van der Waals surface area (Å²) in [5.41, 5.74) is -0.369. The van der Waals surface area contributed by atoms with Crippen molar-refractivity contribution in [1.29, 1.82) is 0 Å². The number of ether oxygens (including phenoxy) is 1. The molecule has 1 N–H and O–H groups in total. The van der Waals surface area contributed by atoms with Gasteiger partial charge < -0.3 is 15.3 Å². The second-order valence-corrected chi connectivity index (χ2v) is 3.38. The highest BCUT2D eigenvalue weighted by atomic mass is 19.4. The number of carbonyl (C=O) groups is 2. The number of aromatic nitrogens is 1. The van der Waals surface area contributed by atoms with Crippen LogP contribution in [0.4, 0.5) is 13.2 Å². The van der Waals surface area contributed by atoms with E-state index in [4.69, 9.17) is 0 Å². The first-order valence-electron chi connectivity index (χ1n) is 4.98. The Morgan fingerprint density at radius 3 is 2.63 bits per heavy atom. The summed E-state index contributed by atoms with van der Waals surface area (Å²) in [7, 11) is 0. The van der Waals surface area contributed by atoms with Crippen LogP contribution < -0.4 is 10.0 Å². The van der Waals surface area contributed by atoms with E-state index in [2.05, 4.69) is 4.74 Å². The number of hydrogen-bond donors (Lipinski definition) is 1. The predicted octanol–water partition coefficient (Wildman–Crippen LogP) is 0.155. The summed E-state index contributed by atoms with van der Waals surface area (Å²) in [4.78, 5) is 22.3. The summed E-state index contributed by atoms with van der Waals surface area (Å²) in [6, 6.07) is 3.93. The Morgan fingerprint density at radius 1 is 1.37 bits per heavy atom. The molecule has 0 saturated carbocycles. The van der Waals surface area contributed by atoms with Crippen LogP contribution in [0, 0.1) is 5.21 Å². The van der Waals surface area contributed by atoms with E-state index in [-0.39, 0.29) is 10.4 Å². The topological polar surface area (TPSA) is 82.3 Å². The van der Waals surface area contributed by atoms with Crippen LogP contribution in [0.25, 0.3) is 0 Å². The average Bonchev–Trinajstić information content (AvgIpc) is 2.33. The molecule has 0 aromatic carbocycles. The van der Waals surface area contributed by atoms with Gasteiger partial charge in [-0.1, -0.05) is 0 Å². The van der Waals surface area contributed by atoms with E-state index in [1.54, 1.807) is 0 Å². The second-order valence-electron chi connectivity index (χ2n) is 3.38. The number of rotatable bonds is 4. The van der Waals surface area contributed by atoms with Crippen molar-refractivity contribution in [3.8, 4) is 0 Å². The van der Waals surface area contributed by atoms with Crippen molar-refractivity contribution in [2.45, 2.75) is 6.18 Å². The minimum Gasteiger partial charge on any atom is -0.618 e. The zero-order valence-electron chi connectivity index (χ0n) is 9.44. The number of carbonyl (C=O) groups excluding carboxylic acids is 2. The molecule has 104 valence electrons. The standard InChI is InChI=1S/C10H9F3N2O4/c11-10(12,13)6-14-8(16)5-19-9(17)7-3-1-2-4-15(7)18/h1-4H,5-6H2,(H,14,16). The first-order valence-corrected chi connectivity index (χ1v) is 4.98. The number of amides is 1. The van der Waals surface area contributed by atoms with Crippen molar-refractivity contribution in [3.05, 3.63) is 35.3 Å². The van der Waals surface area contributed by atoms with Crippen LogP contribution >= 0.6 is 0 Å². The Bertz CT molecular complexity index is 476. The predicted molar refractivity (Wildman–Crippen MR) is 54.7 cm³/mol. The molecule has 0 aliphatic rings. The molecule has 0 bridgehead atoms. The van der Waals surface area contributed by atoms with E-state index in [1.807, 2.05) is 0 Å². The van der Waals surface area contributed by atoms with Crippen molar-refractivity contribution in [2.75, 3.05) is 13.2 Å². The van der Waals surface area contributed by atoms with E-state index >= 15 is 0 Å². The van der Waals surface area contributed by atoms with E-state index in [1.165, 1.54) is 17.4 Å². The Balaban J connectivity index is 2.43. The lowest BCUT2D eigenvalue weighted by Crippen LogP contribution is -2.38. The van der Waals surface area contributed by atoms with Crippen LogP contribution in [0.5, 0.6) is 0 Å². The van der Waals surface area contributed by atoms with Gasteiger partial charge in [-0.2, -0.15) is 17.9 Å². The van der Waals surface area contributed by atoms with Crippen LogP contribution in [-0.4, -0.2) is 31.2 Å². The summed E-state index contributed by atoms with van der Waals surface area (Å²) in [6.45, 7) is -2.42. The number of hydrogen-bond acceptors (Lipinski definition) is 4. The van der Waals surface area contributed by atoms with Crippen molar-refractivity contribution in [2.24, 2.45) is 0 Å². The maximum Gasteiger partial charge on any atom is 0.405 e. The van der Waals surface area contributed by atoms with Gasteiger partial charge in [-0.15, -0.1) is 0 Å². The smallest absolute Gasteiger partial charge is 0.405 e. The number of nitrogens with zero attached hydrogens (tertiary/aromatic N) is 1. The van der Waals surface area contributed by atoms with Gasteiger partial charge in [-0.3, -0.25) is 4.79 Å². The van der Waals surface area contributed by atoms with Gasteiger partial charge in [-0.25, -0.2) is 4.79 Å². The minimum absolute atomic E-state index is 0.218. The van der Waals surface area contributed by atoms with E-state index in [0.29, 0.717) is 0 Å². The van der Waals surface area contributed by atoms with Gasteiger partial charge in [0.2, 0.25) is 0 Å². The Hall–Kier alpha value is -2.32. The third kappa shape index (κ3) is 5.23. The van der Waals surface area contributed by atoms with Gasteiger partial charge >= 0.3 is 17.8 Å². The van der Waals surface area contributed by atoms with Crippen molar-refractivity contribution in [1.82, 2.24) is 5.32 Å². The van der Waals surface area contributed by atoms with Crippen LogP contribution in [0.15, 0.2) is 24.4 Å². The monoisotopic (exact) mass is 278 g/mol.